The highest BCUT2D eigenvalue weighted by Gasteiger charge is 2.22. The van der Waals surface area contributed by atoms with Gasteiger partial charge in [-0.25, -0.2) is 26.4 Å². The quantitative estimate of drug-likeness (QED) is 0.437. The molecule has 0 bridgehead atoms. The molecule has 0 amide bonds. The topological polar surface area (TPSA) is 69.8 Å². The van der Waals surface area contributed by atoms with Gasteiger partial charge in [0.2, 0.25) is 0 Å². The second-order valence-corrected chi connectivity index (χ2v) is 8.49. The van der Waals surface area contributed by atoms with Crippen molar-refractivity contribution in [2.75, 3.05) is 0 Å². The molecular weight excluding hydrogens is 403 g/mol. The van der Waals surface area contributed by atoms with Crippen molar-refractivity contribution in [2.45, 2.75) is 4.90 Å². The highest BCUT2D eigenvalue weighted by atomic mass is 32.2. The minimum absolute atomic E-state index is 0.127. The van der Waals surface area contributed by atoms with E-state index in [0.717, 1.165) is 3.97 Å². The van der Waals surface area contributed by atoms with Crippen molar-refractivity contribution >= 4 is 20.9 Å². The summed E-state index contributed by atoms with van der Waals surface area (Å²) in [6, 6.07) is 17.7. The first-order valence-corrected chi connectivity index (χ1v) is 10.6. The Morgan fingerprint density at radius 3 is 2.47 bits per heavy atom. The maximum absolute atomic E-state index is 14.0. The van der Waals surface area contributed by atoms with Crippen LogP contribution >= 0.6 is 0 Å². The number of benzene rings is 2. The van der Waals surface area contributed by atoms with Crippen LogP contribution in [0, 0.1) is 5.82 Å². The Bertz CT molecular complexity index is 1460. The van der Waals surface area contributed by atoms with Gasteiger partial charge in [0.05, 0.1) is 16.6 Å². The number of nitrogens with zero attached hydrogens (tertiary/aromatic N) is 4. The van der Waals surface area contributed by atoms with Gasteiger partial charge < -0.3 is 0 Å². The lowest BCUT2D eigenvalue weighted by Crippen LogP contribution is -2.11. The number of halogens is 1. The molecule has 0 aliphatic carbocycles. The first-order valence-electron chi connectivity index (χ1n) is 9.12. The lowest BCUT2D eigenvalue weighted by Gasteiger charge is -2.07. The molecule has 3 aromatic heterocycles. The number of fused-ring (bicyclic) bond motifs is 1. The predicted molar refractivity (Wildman–Crippen MR) is 111 cm³/mol. The van der Waals surface area contributed by atoms with Crippen molar-refractivity contribution in [2.24, 2.45) is 0 Å². The molecule has 0 radical (unpaired) electrons. The molecule has 0 spiro atoms. The average Bonchev–Trinajstić information content (AvgIpc) is 3.40. The Kier molecular flexibility index (Phi) is 4.22. The van der Waals surface area contributed by atoms with Gasteiger partial charge in [-0.3, -0.25) is 0 Å². The first-order chi connectivity index (χ1) is 14.5. The number of aromatic nitrogens is 4. The third kappa shape index (κ3) is 2.98. The summed E-state index contributed by atoms with van der Waals surface area (Å²) in [7, 11) is -3.90. The van der Waals surface area contributed by atoms with E-state index in [9.17, 15) is 12.8 Å². The molecule has 2 aromatic carbocycles. The van der Waals surface area contributed by atoms with E-state index >= 15 is 0 Å². The minimum Gasteiger partial charge on any atom is -0.240 e. The second-order valence-electron chi connectivity index (χ2n) is 6.68. The summed E-state index contributed by atoms with van der Waals surface area (Å²) in [5.41, 5.74) is 1.59. The minimum atomic E-state index is -3.90. The molecular formula is C22H15FN4O2S. The number of rotatable bonds is 4. The fourth-order valence-electron chi connectivity index (χ4n) is 3.38. The molecule has 5 aromatic rings. The van der Waals surface area contributed by atoms with Gasteiger partial charge in [-0.2, -0.15) is 5.10 Å². The maximum Gasteiger partial charge on any atom is 0.268 e. The Morgan fingerprint density at radius 2 is 1.70 bits per heavy atom. The van der Waals surface area contributed by atoms with E-state index < -0.39 is 15.8 Å². The summed E-state index contributed by atoms with van der Waals surface area (Å²) < 4.78 is 43.2. The van der Waals surface area contributed by atoms with Gasteiger partial charge in [-0.05, 0) is 42.5 Å². The second kappa shape index (κ2) is 6.93. The van der Waals surface area contributed by atoms with Crippen LogP contribution in [0.3, 0.4) is 0 Å². The highest BCUT2D eigenvalue weighted by Crippen LogP contribution is 2.33. The van der Waals surface area contributed by atoms with Crippen molar-refractivity contribution in [3.63, 3.8) is 0 Å². The van der Waals surface area contributed by atoms with Crippen LogP contribution in [0.2, 0.25) is 0 Å². The van der Waals surface area contributed by atoms with Crippen molar-refractivity contribution in [3.8, 4) is 16.9 Å². The molecule has 30 heavy (non-hydrogen) atoms. The van der Waals surface area contributed by atoms with Crippen LogP contribution in [0.1, 0.15) is 0 Å². The molecule has 148 valence electrons. The Balaban J connectivity index is 1.71. The summed E-state index contributed by atoms with van der Waals surface area (Å²) in [4.78, 5) is 4.39. The van der Waals surface area contributed by atoms with Crippen molar-refractivity contribution in [1.82, 2.24) is 18.7 Å². The molecule has 5 rings (SSSR count). The molecule has 8 heteroatoms. The Morgan fingerprint density at radius 1 is 0.900 bits per heavy atom. The monoisotopic (exact) mass is 418 g/mol. The van der Waals surface area contributed by atoms with Crippen LogP contribution in [0.25, 0.3) is 27.8 Å². The zero-order valence-electron chi connectivity index (χ0n) is 15.6. The van der Waals surface area contributed by atoms with Crippen LogP contribution in [-0.2, 0) is 10.0 Å². The lowest BCUT2D eigenvalue weighted by atomic mass is 10.1. The third-order valence-electron chi connectivity index (χ3n) is 4.81. The van der Waals surface area contributed by atoms with E-state index in [4.69, 9.17) is 0 Å². The average molecular weight is 418 g/mol. The van der Waals surface area contributed by atoms with Gasteiger partial charge in [-0.15, -0.1) is 0 Å². The zero-order chi connectivity index (χ0) is 20.7. The van der Waals surface area contributed by atoms with Crippen LogP contribution in [0.5, 0.6) is 0 Å². The van der Waals surface area contributed by atoms with Gasteiger partial charge in [-0.1, -0.05) is 24.3 Å². The molecule has 0 saturated carbocycles. The summed E-state index contributed by atoms with van der Waals surface area (Å²) in [6.07, 6.45) is 6.57. The first kappa shape index (κ1) is 18.3. The van der Waals surface area contributed by atoms with Crippen LogP contribution < -0.4 is 0 Å². The van der Waals surface area contributed by atoms with Crippen molar-refractivity contribution in [1.29, 1.82) is 0 Å². The zero-order valence-corrected chi connectivity index (χ0v) is 16.4. The Labute approximate surface area is 171 Å². The van der Waals surface area contributed by atoms with Crippen molar-refractivity contribution in [3.05, 3.63) is 97.3 Å². The molecule has 0 unspecified atom stereocenters. The van der Waals surface area contributed by atoms with E-state index in [1.165, 1.54) is 30.5 Å². The molecule has 0 aliphatic rings. The van der Waals surface area contributed by atoms with E-state index in [1.807, 2.05) is 18.2 Å². The molecule has 0 fully saturated rings. The molecule has 0 N–H and O–H groups in total. The SMILES string of the molecule is O=S(=O)(c1ccccc1)n1cc(-c2cnn(-c3ccccn3)c2)c2ccc(F)cc21. The smallest absolute Gasteiger partial charge is 0.240 e. The molecule has 0 aliphatic heterocycles. The molecule has 3 heterocycles. The van der Waals surface area contributed by atoms with Gasteiger partial charge in [0.25, 0.3) is 10.0 Å². The summed E-state index contributed by atoms with van der Waals surface area (Å²) in [6.45, 7) is 0. The van der Waals surface area contributed by atoms with Gasteiger partial charge in [0.1, 0.15) is 5.82 Å². The van der Waals surface area contributed by atoms with E-state index in [-0.39, 0.29) is 10.4 Å². The fourth-order valence-corrected chi connectivity index (χ4v) is 4.76. The predicted octanol–water partition coefficient (Wildman–Crippen LogP) is 4.27. The van der Waals surface area contributed by atoms with Gasteiger partial charge in [0, 0.05) is 35.1 Å². The number of hydrogen-bond donors (Lipinski definition) is 0. The molecule has 6 nitrogen and oxygen atoms in total. The van der Waals surface area contributed by atoms with Crippen LogP contribution in [0.4, 0.5) is 4.39 Å². The van der Waals surface area contributed by atoms with E-state index in [0.29, 0.717) is 22.3 Å². The van der Waals surface area contributed by atoms with Gasteiger partial charge >= 0.3 is 0 Å². The van der Waals surface area contributed by atoms with E-state index in [2.05, 4.69) is 10.1 Å². The maximum atomic E-state index is 14.0. The van der Waals surface area contributed by atoms with E-state index in [1.54, 1.807) is 47.5 Å². The fraction of sp³-hybridized carbons (Fsp3) is 0. The Hall–Kier alpha value is -3.78. The van der Waals surface area contributed by atoms with Gasteiger partial charge in [0.15, 0.2) is 5.82 Å². The van der Waals surface area contributed by atoms with Crippen LogP contribution in [0.15, 0.2) is 96.4 Å². The summed E-state index contributed by atoms with van der Waals surface area (Å²) in [5.74, 6) is 0.122. The standard InChI is InChI=1S/C22H15FN4O2S/c23-17-9-10-19-20(16-13-25-26(14-16)22-8-4-5-11-24-22)15-27(21(19)12-17)30(28,29)18-6-2-1-3-7-18/h1-15H. The highest BCUT2D eigenvalue weighted by molar-refractivity contribution is 7.90. The normalized spacial score (nSPS) is 11.8. The summed E-state index contributed by atoms with van der Waals surface area (Å²) >= 11 is 0. The summed E-state index contributed by atoms with van der Waals surface area (Å²) in [5, 5.41) is 4.95. The molecule has 0 saturated heterocycles. The lowest BCUT2D eigenvalue weighted by molar-refractivity contribution is 0.589. The third-order valence-corrected chi connectivity index (χ3v) is 6.50. The number of pyridine rings is 1. The number of hydrogen-bond acceptors (Lipinski definition) is 4. The van der Waals surface area contributed by atoms with Crippen molar-refractivity contribution < 1.29 is 12.8 Å². The van der Waals surface area contributed by atoms with Crippen LogP contribution in [-0.4, -0.2) is 27.2 Å². The largest absolute Gasteiger partial charge is 0.268 e. The molecule has 0 atom stereocenters.